The third-order valence-corrected chi connectivity index (χ3v) is 7.08. The molecule has 6 aromatic rings. The van der Waals surface area contributed by atoms with Gasteiger partial charge < -0.3 is 28.7 Å². The summed E-state index contributed by atoms with van der Waals surface area (Å²) in [5, 5.41) is 2.60. The molecular weight excluding hydrogens is 598 g/mol. The Balaban J connectivity index is 1.27. The fourth-order valence-electron chi connectivity index (χ4n) is 4.77. The molecule has 1 amide bonds. The van der Waals surface area contributed by atoms with Crippen LogP contribution in [-0.4, -0.2) is 44.2 Å². The maximum Gasteiger partial charge on any atom is 0.261 e. The second-order valence-corrected chi connectivity index (χ2v) is 10.0. The number of amides is 1. The van der Waals surface area contributed by atoms with E-state index in [1.807, 2.05) is 4.57 Å². The van der Waals surface area contributed by atoms with Crippen LogP contribution in [0.2, 0.25) is 0 Å². The first-order chi connectivity index (χ1) is 22.3. The van der Waals surface area contributed by atoms with Gasteiger partial charge in [-0.05, 0) is 29.8 Å². The number of fused-ring (bicyclic) bond motifs is 1. The van der Waals surface area contributed by atoms with Crippen LogP contribution in [-0.2, 0) is 13.1 Å². The zero-order valence-corrected chi connectivity index (χ0v) is 24.6. The number of benzene rings is 2. The molecule has 13 heteroatoms. The van der Waals surface area contributed by atoms with Gasteiger partial charge in [0.05, 0.1) is 26.1 Å². The smallest absolute Gasteiger partial charge is 0.261 e. The second-order valence-electron chi connectivity index (χ2n) is 10.0. The first-order valence-electron chi connectivity index (χ1n) is 13.9. The first-order valence-corrected chi connectivity index (χ1v) is 13.9. The number of aryl methyl sites for hydroxylation is 2. The van der Waals surface area contributed by atoms with Crippen LogP contribution < -0.4 is 25.0 Å². The molecule has 0 aliphatic heterocycles. The zero-order valence-electron chi connectivity index (χ0n) is 24.6. The Bertz CT molecular complexity index is 2100. The standard InChI is InChI=1S/C33H26F2N6O5/c1-44-29-16-26-30(39-33(29)45-2)28(9-10-37-26)46-27-8-7-22(15-25(27)35)38-32(43)24-18-41(14-13-40-12-11-36-19-40)17-23(31(24)42)20-3-5-21(34)6-4-20/h3-12,15-19H,13-14H2,1-2H3,(H,38,43). The Kier molecular flexibility index (Phi) is 8.37. The van der Waals surface area contributed by atoms with Crippen LogP contribution in [0, 0.1) is 11.6 Å². The number of hydrogen-bond donors (Lipinski definition) is 1. The number of methoxy groups -OCH3 is 2. The number of hydrogen-bond acceptors (Lipinski definition) is 8. The summed E-state index contributed by atoms with van der Waals surface area (Å²) in [6.07, 6.45) is 9.62. The lowest BCUT2D eigenvalue weighted by Crippen LogP contribution is -2.25. The van der Waals surface area contributed by atoms with Gasteiger partial charge in [-0.3, -0.25) is 14.6 Å². The Hall–Kier alpha value is -6.11. The molecule has 4 heterocycles. The summed E-state index contributed by atoms with van der Waals surface area (Å²) in [5.41, 5.74) is 0.773. The van der Waals surface area contributed by atoms with Crippen molar-refractivity contribution in [1.82, 2.24) is 24.1 Å². The number of pyridine rings is 3. The molecule has 0 unspecified atom stereocenters. The third-order valence-electron chi connectivity index (χ3n) is 7.08. The van der Waals surface area contributed by atoms with Gasteiger partial charge in [0.15, 0.2) is 23.1 Å². The van der Waals surface area contributed by atoms with Crippen molar-refractivity contribution in [1.29, 1.82) is 0 Å². The highest BCUT2D eigenvalue weighted by Crippen LogP contribution is 2.35. The highest BCUT2D eigenvalue weighted by molar-refractivity contribution is 6.04. The van der Waals surface area contributed by atoms with E-state index in [1.54, 1.807) is 35.6 Å². The number of imidazole rings is 1. The van der Waals surface area contributed by atoms with Crippen molar-refractivity contribution in [3.05, 3.63) is 119 Å². The molecule has 0 bridgehead atoms. The van der Waals surface area contributed by atoms with Crippen LogP contribution in [0.3, 0.4) is 0 Å². The number of aromatic nitrogens is 5. The predicted octanol–water partition coefficient (Wildman–Crippen LogP) is 5.70. The van der Waals surface area contributed by atoms with Gasteiger partial charge in [-0.2, -0.15) is 0 Å². The molecular formula is C33H26F2N6O5. The molecule has 11 nitrogen and oxygen atoms in total. The number of carbonyl (C=O) groups is 1. The molecule has 0 saturated heterocycles. The lowest BCUT2D eigenvalue weighted by atomic mass is 10.0. The van der Waals surface area contributed by atoms with E-state index in [4.69, 9.17) is 14.2 Å². The number of nitrogens with zero attached hydrogens (tertiary/aromatic N) is 5. The number of carbonyl (C=O) groups excluding carboxylic acids is 1. The lowest BCUT2D eigenvalue weighted by Gasteiger charge is -2.14. The van der Waals surface area contributed by atoms with E-state index < -0.39 is 23.0 Å². The van der Waals surface area contributed by atoms with Crippen LogP contribution in [0.25, 0.3) is 22.2 Å². The maximum atomic E-state index is 15.3. The van der Waals surface area contributed by atoms with E-state index in [9.17, 15) is 14.0 Å². The molecule has 4 aromatic heterocycles. The SMILES string of the molecule is COc1cc2nccc(Oc3ccc(NC(=O)c4cn(CCn5ccnc5)cc(-c5ccc(F)cc5)c4=O)cc3F)c2nc1OC. The highest BCUT2D eigenvalue weighted by atomic mass is 19.1. The molecule has 46 heavy (non-hydrogen) atoms. The molecule has 0 atom stereocenters. The minimum absolute atomic E-state index is 0.0931. The monoisotopic (exact) mass is 624 g/mol. The Morgan fingerprint density at radius 2 is 1.70 bits per heavy atom. The van der Waals surface area contributed by atoms with Crippen molar-refractivity contribution >= 4 is 22.6 Å². The van der Waals surface area contributed by atoms with Gasteiger partial charge in [-0.15, -0.1) is 0 Å². The zero-order chi connectivity index (χ0) is 32.2. The van der Waals surface area contributed by atoms with E-state index in [0.717, 1.165) is 6.07 Å². The average Bonchev–Trinajstić information content (AvgIpc) is 3.59. The Morgan fingerprint density at radius 3 is 2.41 bits per heavy atom. The molecule has 0 saturated carbocycles. The van der Waals surface area contributed by atoms with Crippen molar-refractivity contribution < 1.29 is 27.8 Å². The number of anilines is 1. The molecule has 0 aliphatic rings. The van der Waals surface area contributed by atoms with Gasteiger partial charge in [-0.1, -0.05) is 12.1 Å². The van der Waals surface area contributed by atoms with Crippen LogP contribution in [0.5, 0.6) is 23.1 Å². The molecule has 0 fully saturated rings. The Morgan fingerprint density at radius 1 is 0.891 bits per heavy atom. The number of rotatable bonds is 10. The summed E-state index contributed by atoms with van der Waals surface area (Å²) >= 11 is 0. The molecule has 232 valence electrons. The fourth-order valence-corrected chi connectivity index (χ4v) is 4.77. The Labute approximate surface area is 260 Å². The topological polar surface area (TPSA) is 122 Å². The number of halogens is 2. The molecule has 0 aliphatic carbocycles. The van der Waals surface area contributed by atoms with E-state index in [1.165, 1.54) is 69.1 Å². The van der Waals surface area contributed by atoms with Gasteiger partial charge in [0.1, 0.15) is 16.9 Å². The summed E-state index contributed by atoms with van der Waals surface area (Å²) < 4.78 is 48.8. The summed E-state index contributed by atoms with van der Waals surface area (Å²) in [6.45, 7) is 0.922. The largest absolute Gasteiger partial charge is 0.491 e. The van der Waals surface area contributed by atoms with Crippen LogP contribution in [0.15, 0.2) is 96.7 Å². The van der Waals surface area contributed by atoms with Crippen molar-refractivity contribution in [3.63, 3.8) is 0 Å². The number of ether oxygens (including phenoxy) is 3. The molecule has 0 radical (unpaired) electrons. The maximum absolute atomic E-state index is 15.3. The normalized spacial score (nSPS) is 11.0. The molecule has 2 aromatic carbocycles. The molecule has 1 N–H and O–H groups in total. The van der Waals surface area contributed by atoms with Gasteiger partial charge >= 0.3 is 0 Å². The summed E-state index contributed by atoms with van der Waals surface area (Å²) in [5.74, 6) is -1.32. The van der Waals surface area contributed by atoms with Gasteiger partial charge in [0.25, 0.3) is 11.8 Å². The van der Waals surface area contributed by atoms with E-state index in [0.29, 0.717) is 35.4 Å². The minimum atomic E-state index is -0.777. The summed E-state index contributed by atoms with van der Waals surface area (Å²) in [6, 6.07) is 12.4. The van der Waals surface area contributed by atoms with Crippen LogP contribution >= 0.6 is 0 Å². The summed E-state index contributed by atoms with van der Waals surface area (Å²) in [4.78, 5) is 39.6. The lowest BCUT2D eigenvalue weighted by molar-refractivity contribution is 0.102. The van der Waals surface area contributed by atoms with Gasteiger partial charge in [0.2, 0.25) is 5.43 Å². The fraction of sp³-hybridized carbons (Fsp3) is 0.121. The van der Waals surface area contributed by atoms with Crippen molar-refractivity contribution in [2.75, 3.05) is 19.5 Å². The average molecular weight is 625 g/mol. The van der Waals surface area contributed by atoms with Gasteiger partial charge in [0, 0.05) is 73.5 Å². The third kappa shape index (κ3) is 6.24. The molecule has 6 rings (SSSR count). The predicted molar refractivity (Wildman–Crippen MR) is 165 cm³/mol. The van der Waals surface area contributed by atoms with Crippen LogP contribution in [0.1, 0.15) is 10.4 Å². The van der Waals surface area contributed by atoms with E-state index in [-0.39, 0.29) is 34.2 Å². The van der Waals surface area contributed by atoms with Crippen molar-refractivity contribution in [2.45, 2.75) is 13.1 Å². The quantitative estimate of drug-likeness (QED) is 0.206. The van der Waals surface area contributed by atoms with Crippen molar-refractivity contribution in [2.24, 2.45) is 0 Å². The van der Waals surface area contributed by atoms with Crippen molar-refractivity contribution in [3.8, 4) is 34.3 Å². The minimum Gasteiger partial charge on any atom is -0.491 e. The summed E-state index contributed by atoms with van der Waals surface area (Å²) in [7, 11) is 2.92. The molecule has 0 spiro atoms. The van der Waals surface area contributed by atoms with E-state index in [2.05, 4.69) is 20.3 Å². The van der Waals surface area contributed by atoms with Gasteiger partial charge in [-0.25, -0.2) is 18.7 Å². The number of nitrogens with one attached hydrogen (secondary N) is 1. The highest BCUT2D eigenvalue weighted by Gasteiger charge is 2.19. The van der Waals surface area contributed by atoms with E-state index >= 15 is 4.39 Å². The van der Waals surface area contributed by atoms with Crippen LogP contribution in [0.4, 0.5) is 14.5 Å². The first kappa shape index (κ1) is 29.9. The second kappa shape index (κ2) is 12.9.